The van der Waals surface area contributed by atoms with E-state index in [1.165, 1.54) is 44.8 Å². The zero-order valence-corrected chi connectivity index (χ0v) is 17.3. The fourth-order valence-electron chi connectivity index (χ4n) is 2.73. The Labute approximate surface area is 166 Å². The fraction of sp³-hybridized carbons (Fsp3) is 0.176. The number of methoxy groups -OCH3 is 2. The van der Waals surface area contributed by atoms with Gasteiger partial charge in [0.15, 0.2) is 11.5 Å². The van der Waals surface area contributed by atoms with Crippen LogP contribution in [0.4, 0.5) is 11.5 Å². The van der Waals surface area contributed by atoms with E-state index in [1.807, 2.05) is 0 Å². The zero-order chi connectivity index (χ0) is 21.2. The number of hydrogen-bond donors (Lipinski definition) is 4. The van der Waals surface area contributed by atoms with Gasteiger partial charge >= 0.3 is 7.60 Å². The van der Waals surface area contributed by atoms with Gasteiger partial charge in [-0.05, 0) is 30.3 Å². The molecule has 12 heteroatoms. The van der Waals surface area contributed by atoms with Crippen LogP contribution in [0.5, 0.6) is 11.5 Å². The van der Waals surface area contributed by atoms with Gasteiger partial charge in [0.25, 0.3) is 0 Å². The molecule has 29 heavy (non-hydrogen) atoms. The van der Waals surface area contributed by atoms with Crippen LogP contribution in [0.1, 0.15) is 0 Å². The van der Waals surface area contributed by atoms with E-state index >= 15 is 0 Å². The van der Waals surface area contributed by atoms with Crippen LogP contribution in [0.3, 0.4) is 0 Å². The van der Waals surface area contributed by atoms with Crippen LogP contribution in [0.15, 0.2) is 42.7 Å². The minimum absolute atomic E-state index is 0.0506. The third kappa shape index (κ3) is 4.93. The minimum Gasteiger partial charge on any atom is -0.493 e. The standard InChI is InChI=1S/C17H19N3O7P2/c1-26-15-7-13-14(8-16(15)27-2)18-9-19-17(13)20-11-3-5-12(6-4-11)28(21,22)10-29(23,24)25/h3-9H,10H2,1-2H3,(H,21,22)(H,18,19,20)(H2,23,24,25). The van der Waals surface area contributed by atoms with Gasteiger partial charge in [-0.15, -0.1) is 0 Å². The largest absolute Gasteiger partial charge is 0.493 e. The first-order valence-corrected chi connectivity index (χ1v) is 11.9. The van der Waals surface area contributed by atoms with Gasteiger partial charge in [-0.2, -0.15) is 0 Å². The summed E-state index contributed by atoms with van der Waals surface area (Å²) >= 11 is 0. The van der Waals surface area contributed by atoms with E-state index in [-0.39, 0.29) is 5.30 Å². The average Bonchev–Trinajstić information content (AvgIpc) is 2.65. The molecule has 0 saturated heterocycles. The quantitative estimate of drug-likeness (QED) is 0.404. The Morgan fingerprint density at radius 3 is 2.17 bits per heavy atom. The van der Waals surface area contributed by atoms with Crippen molar-refractivity contribution in [2.75, 3.05) is 25.4 Å². The Morgan fingerprint density at radius 1 is 0.966 bits per heavy atom. The molecule has 1 heterocycles. The van der Waals surface area contributed by atoms with Gasteiger partial charge in [-0.3, -0.25) is 9.13 Å². The summed E-state index contributed by atoms with van der Waals surface area (Å²) in [4.78, 5) is 36.3. The summed E-state index contributed by atoms with van der Waals surface area (Å²) in [5, 5.41) is 3.71. The van der Waals surface area contributed by atoms with Gasteiger partial charge in [0.2, 0.25) is 7.37 Å². The monoisotopic (exact) mass is 439 g/mol. The molecule has 1 unspecified atom stereocenters. The molecule has 0 radical (unpaired) electrons. The lowest BCUT2D eigenvalue weighted by Gasteiger charge is -2.14. The van der Waals surface area contributed by atoms with Crippen molar-refractivity contribution >= 4 is 42.7 Å². The molecular formula is C17H19N3O7P2. The fourth-order valence-corrected chi connectivity index (χ4v) is 5.99. The first kappa shape index (κ1) is 21.2. The van der Waals surface area contributed by atoms with Crippen LogP contribution in [-0.2, 0) is 9.13 Å². The number of hydrogen-bond acceptors (Lipinski definition) is 7. The maximum Gasteiger partial charge on any atom is 0.335 e. The number of ether oxygens (including phenoxy) is 2. The SMILES string of the molecule is COc1cc2ncnc(Nc3ccc(P(=O)(O)CP(=O)(O)O)cc3)c2cc1OC. The van der Waals surface area contributed by atoms with E-state index in [4.69, 9.17) is 19.3 Å². The summed E-state index contributed by atoms with van der Waals surface area (Å²) in [5.41, 5.74) is 1.18. The van der Waals surface area contributed by atoms with Crippen molar-refractivity contribution in [3.05, 3.63) is 42.7 Å². The summed E-state index contributed by atoms with van der Waals surface area (Å²) in [6, 6.07) is 9.16. The Morgan fingerprint density at radius 2 is 1.59 bits per heavy atom. The molecule has 2 aromatic carbocycles. The van der Waals surface area contributed by atoms with E-state index < -0.39 is 20.9 Å². The molecule has 0 amide bonds. The molecule has 10 nitrogen and oxygen atoms in total. The Hall–Kier alpha value is -2.48. The third-order valence-corrected chi connectivity index (χ3v) is 8.16. The highest BCUT2D eigenvalue weighted by atomic mass is 31.2. The normalized spacial score (nSPS) is 13.7. The lowest BCUT2D eigenvalue weighted by Crippen LogP contribution is -2.08. The van der Waals surface area contributed by atoms with Crippen molar-refractivity contribution < 1.29 is 33.3 Å². The van der Waals surface area contributed by atoms with Gasteiger partial charge in [-0.1, -0.05) is 0 Å². The maximum atomic E-state index is 12.2. The number of nitrogens with zero attached hydrogens (tertiary/aromatic N) is 2. The van der Waals surface area contributed by atoms with Crippen LogP contribution in [0.2, 0.25) is 0 Å². The van der Waals surface area contributed by atoms with Crippen LogP contribution in [-0.4, -0.2) is 44.8 Å². The summed E-state index contributed by atoms with van der Waals surface area (Å²) in [6.45, 7) is 0. The van der Waals surface area contributed by atoms with Gasteiger partial charge in [-0.25, -0.2) is 9.97 Å². The smallest absolute Gasteiger partial charge is 0.335 e. The Bertz CT molecular complexity index is 1130. The Balaban J connectivity index is 1.91. The average molecular weight is 439 g/mol. The lowest BCUT2D eigenvalue weighted by molar-refractivity contribution is 0.356. The second-order valence-electron chi connectivity index (χ2n) is 6.13. The van der Waals surface area contributed by atoms with Crippen molar-refractivity contribution in [1.29, 1.82) is 0 Å². The van der Waals surface area contributed by atoms with E-state index in [1.54, 1.807) is 12.1 Å². The van der Waals surface area contributed by atoms with Crippen molar-refractivity contribution in [3.8, 4) is 11.5 Å². The van der Waals surface area contributed by atoms with Crippen molar-refractivity contribution in [1.82, 2.24) is 9.97 Å². The van der Waals surface area contributed by atoms with Gasteiger partial charge < -0.3 is 29.5 Å². The summed E-state index contributed by atoms with van der Waals surface area (Å²) < 4.78 is 33.9. The van der Waals surface area contributed by atoms with Crippen LogP contribution in [0, 0.1) is 0 Å². The van der Waals surface area contributed by atoms with Crippen molar-refractivity contribution in [2.24, 2.45) is 0 Å². The molecule has 0 saturated carbocycles. The predicted molar refractivity (Wildman–Crippen MR) is 109 cm³/mol. The van der Waals surface area contributed by atoms with Crippen LogP contribution >= 0.6 is 15.0 Å². The summed E-state index contributed by atoms with van der Waals surface area (Å²) in [7, 11) is -5.76. The van der Waals surface area contributed by atoms with Crippen molar-refractivity contribution in [3.63, 3.8) is 0 Å². The molecule has 3 rings (SSSR count). The topological polar surface area (TPSA) is 151 Å². The highest BCUT2D eigenvalue weighted by molar-refractivity contribution is 7.77. The van der Waals surface area contributed by atoms with E-state index in [0.29, 0.717) is 33.9 Å². The number of nitrogens with one attached hydrogen (secondary N) is 1. The van der Waals surface area contributed by atoms with Gasteiger partial charge in [0, 0.05) is 22.4 Å². The van der Waals surface area contributed by atoms with Crippen molar-refractivity contribution in [2.45, 2.75) is 0 Å². The highest BCUT2D eigenvalue weighted by Gasteiger charge is 2.31. The molecule has 1 aromatic heterocycles. The first-order valence-electron chi connectivity index (χ1n) is 8.24. The molecule has 0 aliphatic carbocycles. The summed E-state index contributed by atoms with van der Waals surface area (Å²) in [6.07, 6.45) is 1.38. The molecule has 154 valence electrons. The molecule has 0 aliphatic rings. The van der Waals surface area contributed by atoms with E-state index in [9.17, 15) is 14.0 Å². The lowest BCUT2D eigenvalue weighted by atomic mass is 10.2. The van der Waals surface area contributed by atoms with Crippen LogP contribution in [0.25, 0.3) is 10.9 Å². The number of benzene rings is 2. The van der Waals surface area contributed by atoms with Gasteiger partial charge in [0.1, 0.15) is 18.0 Å². The Kier molecular flexibility index (Phi) is 5.93. The predicted octanol–water partition coefficient (Wildman–Crippen LogP) is 2.42. The van der Waals surface area contributed by atoms with Gasteiger partial charge in [0.05, 0.1) is 19.7 Å². The second-order valence-corrected chi connectivity index (χ2v) is 10.5. The van der Waals surface area contributed by atoms with E-state index in [2.05, 4.69) is 15.3 Å². The van der Waals surface area contributed by atoms with E-state index in [0.717, 1.165) is 0 Å². The minimum atomic E-state index is -4.63. The number of rotatable bonds is 7. The molecule has 0 spiro atoms. The first-order chi connectivity index (χ1) is 13.6. The molecule has 0 fully saturated rings. The molecular weight excluding hydrogens is 420 g/mol. The second kappa shape index (κ2) is 8.10. The number of aromatic nitrogens is 2. The molecule has 0 bridgehead atoms. The highest BCUT2D eigenvalue weighted by Crippen LogP contribution is 2.53. The summed E-state index contributed by atoms with van der Waals surface area (Å²) in [5.74, 6) is 0.404. The molecule has 3 aromatic rings. The number of anilines is 2. The molecule has 1 atom stereocenters. The third-order valence-electron chi connectivity index (χ3n) is 4.05. The maximum absolute atomic E-state index is 12.2. The molecule has 0 aliphatic heterocycles. The number of fused-ring (bicyclic) bond motifs is 1. The van der Waals surface area contributed by atoms with Crippen LogP contribution < -0.4 is 20.1 Å². The zero-order valence-electron chi connectivity index (χ0n) is 15.5. The molecule has 4 N–H and O–H groups in total.